The van der Waals surface area contributed by atoms with Crippen LogP contribution in [0.2, 0.25) is 0 Å². The maximum atomic E-state index is 5.81. The topological polar surface area (TPSA) is 57.4 Å². The van der Waals surface area contributed by atoms with Gasteiger partial charge in [-0.3, -0.25) is 4.98 Å². The van der Waals surface area contributed by atoms with Crippen molar-refractivity contribution in [2.75, 3.05) is 7.11 Å². The van der Waals surface area contributed by atoms with Gasteiger partial charge >= 0.3 is 0 Å². The molecule has 0 radical (unpaired) electrons. The first-order chi connectivity index (χ1) is 9.69. The Morgan fingerprint density at radius 2 is 2.05 bits per heavy atom. The van der Waals surface area contributed by atoms with Crippen LogP contribution in [0.3, 0.4) is 0 Å². The fourth-order valence-electron chi connectivity index (χ4n) is 1.97. The molecule has 1 atom stereocenters. The minimum Gasteiger partial charge on any atom is -0.493 e. The molecule has 4 heteroatoms. The predicted molar refractivity (Wildman–Crippen MR) is 78.9 cm³/mol. The van der Waals surface area contributed by atoms with Crippen LogP contribution in [0.5, 0.6) is 11.5 Å². The number of rotatable bonds is 6. The number of methoxy groups -OCH3 is 1. The summed E-state index contributed by atoms with van der Waals surface area (Å²) in [6.45, 7) is 2.40. The van der Waals surface area contributed by atoms with Gasteiger partial charge in [-0.1, -0.05) is 12.1 Å². The van der Waals surface area contributed by atoms with Crippen LogP contribution < -0.4 is 15.2 Å². The third kappa shape index (κ3) is 3.96. The van der Waals surface area contributed by atoms with Crippen molar-refractivity contribution in [2.45, 2.75) is 26.0 Å². The molecule has 20 heavy (non-hydrogen) atoms. The van der Waals surface area contributed by atoms with Crippen molar-refractivity contribution in [1.29, 1.82) is 0 Å². The molecule has 0 saturated heterocycles. The Kier molecular flexibility index (Phi) is 4.96. The molecule has 2 rings (SSSR count). The van der Waals surface area contributed by atoms with Crippen molar-refractivity contribution in [3.63, 3.8) is 0 Å². The Balaban J connectivity index is 2.07. The highest BCUT2D eigenvalue weighted by Crippen LogP contribution is 2.29. The van der Waals surface area contributed by atoms with Crippen LogP contribution in [0.25, 0.3) is 0 Å². The molecule has 0 spiro atoms. The number of ether oxygens (including phenoxy) is 2. The summed E-state index contributed by atoms with van der Waals surface area (Å²) in [5.74, 6) is 1.44. The van der Waals surface area contributed by atoms with Gasteiger partial charge in [-0.15, -0.1) is 0 Å². The van der Waals surface area contributed by atoms with Gasteiger partial charge in [0.15, 0.2) is 11.5 Å². The number of benzene rings is 1. The van der Waals surface area contributed by atoms with Crippen molar-refractivity contribution in [1.82, 2.24) is 4.98 Å². The van der Waals surface area contributed by atoms with E-state index in [-0.39, 0.29) is 6.04 Å². The van der Waals surface area contributed by atoms with Gasteiger partial charge in [-0.05, 0) is 43.2 Å². The quantitative estimate of drug-likeness (QED) is 0.878. The zero-order chi connectivity index (χ0) is 14.4. The Hall–Kier alpha value is -2.07. The van der Waals surface area contributed by atoms with Gasteiger partial charge in [0.2, 0.25) is 0 Å². The molecule has 2 aromatic rings. The molecule has 106 valence electrons. The molecular formula is C16H20N2O2. The largest absolute Gasteiger partial charge is 0.493 e. The summed E-state index contributed by atoms with van der Waals surface area (Å²) >= 11 is 0. The van der Waals surface area contributed by atoms with Gasteiger partial charge in [-0.2, -0.15) is 0 Å². The molecule has 1 unspecified atom stereocenters. The Bertz CT molecular complexity index is 541. The van der Waals surface area contributed by atoms with Crippen LogP contribution in [0, 0.1) is 0 Å². The Labute approximate surface area is 119 Å². The SMILES string of the molecule is COc1cc(CC(C)N)ccc1OCc1ccccn1. The van der Waals surface area contributed by atoms with Gasteiger partial charge in [0.05, 0.1) is 12.8 Å². The van der Waals surface area contributed by atoms with Crippen LogP contribution in [0.1, 0.15) is 18.2 Å². The summed E-state index contributed by atoms with van der Waals surface area (Å²) in [6, 6.07) is 11.8. The second kappa shape index (κ2) is 6.91. The van der Waals surface area contributed by atoms with Gasteiger partial charge in [0.1, 0.15) is 6.61 Å². The number of aromatic nitrogens is 1. The highest BCUT2D eigenvalue weighted by molar-refractivity contribution is 5.43. The van der Waals surface area contributed by atoms with E-state index in [0.717, 1.165) is 23.4 Å². The lowest BCUT2D eigenvalue weighted by Gasteiger charge is -2.13. The molecule has 2 N–H and O–H groups in total. The number of pyridine rings is 1. The van der Waals surface area contributed by atoms with Crippen LogP contribution in [-0.4, -0.2) is 18.1 Å². The number of nitrogens with zero attached hydrogens (tertiary/aromatic N) is 1. The monoisotopic (exact) mass is 272 g/mol. The van der Waals surface area contributed by atoms with Crippen LogP contribution in [0.15, 0.2) is 42.6 Å². The zero-order valence-electron chi connectivity index (χ0n) is 11.9. The standard InChI is InChI=1S/C16H20N2O2/c1-12(17)9-13-6-7-15(16(10-13)19-2)20-11-14-5-3-4-8-18-14/h3-8,10,12H,9,11,17H2,1-2H3. The van der Waals surface area contributed by atoms with E-state index in [4.69, 9.17) is 15.2 Å². The maximum absolute atomic E-state index is 5.81. The van der Waals surface area contributed by atoms with E-state index in [1.807, 2.05) is 43.3 Å². The van der Waals surface area contributed by atoms with Crippen LogP contribution >= 0.6 is 0 Å². The molecule has 0 aliphatic heterocycles. The van der Waals surface area contributed by atoms with E-state index in [1.165, 1.54) is 0 Å². The van der Waals surface area contributed by atoms with Crippen molar-refractivity contribution in [3.05, 3.63) is 53.9 Å². The molecular weight excluding hydrogens is 252 g/mol. The predicted octanol–water partition coefficient (Wildman–Crippen LogP) is 2.56. The number of nitrogens with two attached hydrogens (primary N) is 1. The van der Waals surface area contributed by atoms with Gasteiger partial charge in [0, 0.05) is 12.2 Å². The van der Waals surface area contributed by atoms with Crippen LogP contribution in [0.4, 0.5) is 0 Å². The summed E-state index contributed by atoms with van der Waals surface area (Å²) in [4.78, 5) is 4.22. The average Bonchev–Trinajstić information content (AvgIpc) is 2.46. The second-order valence-electron chi connectivity index (χ2n) is 4.78. The van der Waals surface area contributed by atoms with Crippen molar-refractivity contribution >= 4 is 0 Å². The highest BCUT2D eigenvalue weighted by atomic mass is 16.5. The normalized spacial score (nSPS) is 11.9. The average molecular weight is 272 g/mol. The lowest BCUT2D eigenvalue weighted by atomic mass is 10.1. The van der Waals surface area contributed by atoms with Crippen molar-refractivity contribution in [3.8, 4) is 11.5 Å². The van der Waals surface area contributed by atoms with E-state index in [1.54, 1.807) is 13.3 Å². The summed E-state index contributed by atoms with van der Waals surface area (Å²) in [6.07, 6.45) is 2.57. The minimum absolute atomic E-state index is 0.125. The molecule has 0 amide bonds. The lowest BCUT2D eigenvalue weighted by molar-refractivity contribution is 0.280. The lowest BCUT2D eigenvalue weighted by Crippen LogP contribution is -2.17. The third-order valence-electron chi connectivity index (χ3n) is 2.89. The first-order valence-corrected chi connectivity index (χ1v) is 6.64. The summed E-state index contributed by atoms with van der Waals surface area (Å²) in [5, 5.41) is 0. The van der Waals surface area contributed by atoms with E-state index in [9.17, 15) is 0 Å². The molecule has 0 aliphatic rings. The molecule has 0 fully saturated rings. The third-order valence-corrected chi connectivity index (χ3v) is 2.89. The maximum Gasteiger partial charge on any atom is 0.161 e. The molecule has 0 aliphatic carbocycles. The molecule has 4 nitrogen and oxygen atoms in total. The van der Waals surface area contributed by atoms with Crippen LogP contribution in [-0.2, 0) is 13.0 Å². The summed E-state index contributed by atoms with van der Waals surface area (Å²) < 4.78 is 11.1. The smallest absolute Gasteiger partial charge is 0.161 e. The zero-order valence-corrected chi connectivity index (χ0v) is 11.9. The first-order valence-electron chi connectivity index (χ1n) is 6.64. The number of hydrogen-bond acceptors (Lipinski definition) is 4. The Morgan fingerprint density at radius 3 is 2.70 bits per heavy atom. The fourth-order valence-corrected chi connectivity index (χ4v) is 1.97. The molecule has 1 aromatic heterocycles. The first kappa shape index (κ1) is 14.3. The van der Waals surface area contributed by atoms with Crippen molar-refractivity contribution in [2.24, 2.45) is 5.73 Å². The number of hydrogen-bond donors (Lipinski definition) is 1. The van der Waals surface area contributed by atoms with E-state index in [2.05, 4.69) is 4.98 Å². The van der Waals surface area contributed by atoms with Crippen molar-refractivity contribution < 1.29 is 9.47 Å². The van der Waals surface area contributed by atoms with Gasteiger partial charge < -0.3 is 15.2 Å². The summed E-state index contributed by atoms with van der Waals surface area (Å²) in [7, 11) is 1.64. The van der Waals surface area contributed by atoms with Gasteiger partial charge in [0.25, 0.3) is 0 Å². The van der Waals surface area contributed by atoms with Gasteiger partial charge in [-0.25, -0.2) is 0 Å². The highest BCUT2D eigenvalue weighted by Gasteiger charge is 2.07. The molecule has 1 heterocycles. The van der Waals surface area contributed by atoms with E-state index >= 15 is 0 Å². The van der Waals surface area contributed by atoms with E-state index < -0.39 is 0 Å². The Morgan fingerprint density at radius 1 is 1.20 bits per heavy atom. The molecule has 0 saturated carbocycles. The second-order valence-corrected chi connectivity index (χ2v) is 4.78. The molecule has 1 aromatic carbocycles. The summed E-state index contributed by atoms with van der Waals surface area (Å²) in [5.41, 5.74) is 7.83. The molecule has 0 bridgehead atoms. The fraction of sp³-hybridized carbons (Fsp3) is 0.312. The van der Waals surface area contributed by atoms with E-state index in [0.29, 0.717) is 12.4 Å². The minimum atomic E-state index is 0.125.